The number of fused-ring (bicyclic) bond motifs is 1. The van der Waals surface area contributed by atoms with Gasteiger partial charge in [-0.15, -0.1) is 0 Å². The van der Waals surface area contributed by atoms with Crippen LogP contribution in [0.3, 0.4) is 0 Å². The van der Waals surface area contributed by atoms with E-state index in [0.717, 1.165) is 28.1 Å². The minimum Gasteiger partial charge on any atom is -0.494 e. The molecule has 0 radical (unpaired) electrons. The molecule has 0 saturated heterocycles. The summed E-state index contributed by atoms with van der Waals surface area (Å²) in [5.41, 5.74) is 4.51. The van der Waals surface area contributed by atoms with Gasteiger partial charge in [-0.3, -0.25) is 9.36 Å². The molecule has 5 aromatic rings. The Bertz CT molecular complexity index is 2040. The molecule has 0 aliphatic carbocycles. The zero-order valence-corrected chi connectivity index (χ0v) is 25.9. The van der Waals surface area contributed by atoms with Gasteiger partial charge >= 0.3 is 5.97 Å². The number of hydrogen-bond acceptors (Lipinski definition) is 7. The van der Waals surface area contributed by atoms with E-state index in [4.69, 9.17) is 26.2 Å². The summed E-state index contributed by atoms with van der Waals surface area (Å²) in [5.74, 6) is 0.258. The first-order chi connectivity index (χ1) is 21.4. The smallest absolute Gasteiger partial charge is 0.338 e. The third kappa shape index (κ3) is 5.64. The zero-order chi connectivity index (χ0) is 30.8. The number of para-hydroxylation sites is 1. The van der Waals surface area contributed by atoms with Gasteiger partial charge in [0.15, 0.2) is 4.80 Å². The topological polar surface area (TPSA) is 87.7 Å². The minimum atomic E-state index is -0.720. The van der Waals surface area contributed by atoms with Crippen LogP contribution in [0.25, 0.3) is 23.0 Å². The van der Waals surface area contributed by atoms with Crippen molar-refractivity contribution < 1.29 is 14.3 Å². The van der Waals surface area contributed by atoms with Gasteiger partial charge in [0, 0.05) is 22.3 Å². The maximum absolute atomic E-state index is 14.2. The van der Waals surface area contributed by atoms with Gasteiger partial charge in [-0.1, -0.05) is 53.3 Å². The van der Waals surface area contributed by atoms with Crippen molar-refractivity contribution in [2.24, 2.45) is 4.99 Å². The van der Waals surface area contributed by atoms with Crippen LogP contribution in [0.15, 0.2) is 106 Å². The highest BCUT2D eigenvalue weighted by atomic mass is 35.5. The van der Waals surface area contributed by atoms with Crippen molar-refractivity contribution >= 4 is 35.0 Å². The first-order valence-corrected chi connectivity index (χ1v) is 15.4. The maximum atomic E-state index is 14.2. The summed E-state index contributed by atoms with van der Waals surface area (Å²) >= 11 is 7.45. The molecule has 44 heavy (non-hydrogen) atoms. The average molecular weight is 625 g/mol. The van der Waals surface area contributed by atoms with Gasteiger partial charge in [0.1, 0.15) is 11.4 Å². The minimum absolute atomic E-state index is 0.201. The number of benzene rings is 3. The van der Waals surface area contributed by atoms with Crippen molar-refractivity contribution in [2.75, 3.05) is 13.2 Å². The lowest BCUT2D eigenvalue weighted by Crippen LogP contribution is -2.39. The second kappa shape index (κ2) is 12.5. The number of allylic oxidation sites excluding steroid dienone is 1. The van der Waals surface area contributed by atoms with E-state index in [1.165, 1.54) is 11.3 Å². The molecular weight excluding hydrogens is 596 g/mol. The average Bonchev–Trinajstić information content (AvgIpc) is 3.58. The molecule has 0 saturated carbocycles. The second-order valence-corrected chi connectivity index (χ2v) is 11.5. The number of halogens is 1. The second-order valence-electron chi connectivity index (χ2n) is 10.0. The number of ether oxygens (including phenoxy) is 2. The number of rotatable bonds is 8. The van der Waals surface area contributed by atoms with Crippen LogP contribution in [-0.2, 0) is 9.53 Å². The summed E-state index contributed by atoms with van der Waals surface area (Å²) in [7, 11) is 0. The number of nitrogens with zero attached hydrogens (tertiary/aromatic N) is 4. The lowest BCUT2D eigenvalue weighted by atomic mass is 9.96. The highest BCUT2D eigenvalue weighted by molar-refractivity contribution is 7.07. The molecule has 1 unspecified atom stereocenters. The fourth-order valence-corrected chi connectivity index (χ4v) is 6.36. The normalized spacial score (nSPS) is 14.7. The molecule has 0 fully saturated rings. The van der Waals surface area contributed by atoms with Crippen molar-refractivity contribution in [3.8, 4) is 22.7 Å². The van der Waals surface area contributed by atoms with Crippen LogP contribution in [-0.4, -0.2) is 33.5 Å². The number of aromatic nitrogens is 3. The van der Waals surface area contributed by atoms with E-state index in [0.29, 0.717) is 37.9 Å². The molecule has 0 spiro atoms. The van der Waals surface area contributed by atoms with Gasteiger partial charge in [-0.2, -0.15) is 5.10 Å². The van der Waals surface area contributed by atoms with Crippen LogP contribution in [0.2, 0.25) is 5.02 Å². The number of thiazole rings is 1. The third-order valence-electron chi connectivity index (χ3n) is 7.19. The molecule has 0 amide bonds. The monoisotopic (exact) mass is 624 g/mol. The molecule has 8 nitrogen and oxygen atoms in total. The first kappa shape index (κ1) is 29.3. The lowest BCUT2D eigenvalue weighted by molar-refractivity contribution is -0.139. The molecule has 3 heterocycles. The van der Waals surface area contributed by atoms with Crippen LogP contribution in [0.1, 0.15) is 37.9 Å². The molecule has 222 valence electrons. The first-order valence-electron chi connectivity index (χ1n) is 14.2. The molecular formula is C34H29ClN4O4S. The van der Waals surface area contributed by atoms with E-state index < -0.39 is 12.0 Å². The Morgan fingerprint density at radius 1 is 1.00 bits per heavy atom. The van der Waals surface area contributed by atoms with E-state index in [1.807, 2.05) is 85.9 Å². The van der Waals surface area contributed by atoms with Gasteiger partial charge in [0.25, 0.3) is 5.56 Å². The van der Waals surface area contributed by atoms with Crippen molar-refractivity contribution in [3.63, 3.8) is 0 Å². The fraction of sp³-hybridized carbons (Fsp3) is 0.176. The Labute approximate surface area is 262 Å². The highest BCUT2D eigenvalue weighted by Crippen LogP contribution is 2.32. The highest BCUT2D eigenvalue weighted by Gasteiger charge is 2.33. The van der Waals surface area contributed by atoms with Crippen molar-refractivity contribution in [1.82, 2.24) is 14.3 Å². The van der Waals surface area contributed by atoms with Crippen LogP contribution in [0, 0.1) is 0 Å². The number of esters is 1. The Morgan fingerprint density at radius 2 is 1.73 bits per heavy atom. The van der Waals surface area contributed by atoms with E-state index in [2.05, 4.69) is 4.99 Å². The summed E-state index contributed by atoms with van der Waals surface area (Å²) in [4.78, 5) is 32.5. The molecule has 1 aliphatic rings. The fourth-order valence-electron chi connectivity index (χ4n) is 5.20. The van der Waals surface area contributed by atoms with Gasteiger partial charge in [0.05, 0.1) is 40.7 Å². The quantitative estimate of drug-likeness (QED) is 0.207. The third-order valence-corrected chi connectivity index (χ3v) is 8.43. The van der Waals surface area contributed by atoms with Crippen molar-refractivity contribution in [2.45, 2.75) is 26.8 Å². The van der Waals surface area contributed by atoms with Crippen molar-refractivity contribution in [1.29, 1.82) is 0 Å². The summed E-state index contributed by atoms with van der Waals surface area (Å²) in [5, 5.41) is 5.46. The molecule has 10 heteroatoms. The van der Waals surface area contributed by atoms with E-state index in [1.54, 1.807) is 35.2 Å². The molecule has 1 atom stereocenters. The SMILES string of the molecule is CCOC(=O)C1=C(C)N=c2s/c(=C/c3cn(-c4ccccc4)nc3-c3ccc(OCC)cc3)c(=O)n2C1c1ccc(Cl)cc1. The van der Waals surface area contributed by atoms with Crippen LogP contribution in [0.4, 0.5) is 0 Å². The standard InChI is InChI=1S/C34H29ClN4O4S/c1-4-42-27-17-13-22(14-18-27)30-24(20-38(37-30)26-9-7-6-8-10-26)19-28-32(40)39-31(23-11-15-25(35)16-12-23)29(33(41)43-5-2)21(3)36-34(39)44-28/h6-20,31H,4-5H2,1-3H3/b28-19+. The van der Waals surface area contributed by atoms with Crippen molar-refractivity contribution in [3.05, 3.63) is 132 Å². The summed E-state index contributed by atoms with van der Waals surface area (Å²) < 4.78 is 14.9. The molecule has 0 bridgehead atoms. The Morgan fingerprint density at radius 3 is 2.41 bits per heavy atom. The predicted molar refractivity (Wildman–Crippen MR) is 172 cm³/mol. The summed E-state index contributed by atoms with van der Waals surface area (Å²) in [6, 6.07) is 23.9. The Hall–Kier alpha value is -4.73. The maximum Gasteiger partial charge on any atom is 0.338 e. The number of hydrogen-bond donors (Lipinski definition) is 0. The molecule has 0 N–H and O–H groups in total. The largest absolute Gasteiger partial charge is 0.494 e. The van der Waals surface area contributed by atoms with Gasteiger partial charge < -0.3 is 9.47 Å². The summed E-state index contributed by atoms with van der Waals surface area (Å²) in [6.07, 6.45) is 3.75. The Balaban J connectivity index is 1.53. The number of carbonyl (C=O) groups excluding carboxylic acids is 1. The van der Waals surface area contributed by atoms with E-state index >= 15 is 0 Å². The molecule has 3 aromatic carbocycles. The van der Waals surface area contributed by atoms with Crippen LogP contribution >= 0.6 is 22.9 Å². The van der Waals surface area contributed by atoms with Crippen LogP contribution in [0.5, 0.6) is 5.75 Å². The predicted octanol–water partition coefficient (Wildman–Crippen LogP) is 5.70. The Kier molecular flexibility index (Phi) is 8.32. The molecule has 1 aliphatic heterocycles. The summed E-state index contributed by atoms with van der Waals surface area (Å²) in [6.45, 7) is 6.23. The molecule has 2 aromatic heterocycles. The van der Waals surface area contributed by atoms with Gasteiger partial charge in [-0.05, 0) is 80.9 Å². The van der Waals surface area contributed by atoms with E-state index in [-0.39, 0.29) is 12.2 Å². The molecule has 6 rings (SSSR count). The zero-order valence-electron chi connectivity index (χ0n) is 24.4. The lowest BCUT2D eigenvalue weighted by Gasteiger charge is -2.24. The van der Waals surface area contributed by atoms with Gasteiger partial charge in [0.2, 0.25) is 0 Å². The van der Waals surface area contributed by atoms with E-state index in [9.17, 15) is 9.59 Å². The van der Waals surface area contributed by atoms with Gasteiger partial charge in [-0.25, -0.2) is 14.5 Å². The number of carbonyl (C=O) groups is 1. The van der Waals surface area contributed by atoms with Crippen LogP contribution < -0.4 is 19.6 Å².